The minimum Gasteiger partial charge on any atom is -0.465 e. The molecule has 4 aromatic carbocycles. The Labute approximate surface area is 227 Å². The molecule has 2 heterocycles. The summed E-state index contributed by atoms with van der Waals surface area (Å²) in [7, 11) is 11.1. The van der Waals surface area contributed by atoms with Gasteiger partial charge in [-0.25, -0.2) is 0 Å². The Bertz CT molecular complexity index is 1450. The molecule has 2 nitrogen and oxygen atoms in total. The largest absolute Gasteiger partial charge is 0.465 e. The Hall–Kier alpha value is -2.45. The van der Waals surface area contributed by atoms with Crippen LogP contribution in [0, 0.1) is 13.8 Å². The van der Waals surface area contributed by atoms with E-state index in [2.05, 4.69) is 74.5 Å². The van der Waals surface area contributed by atoms with Crippen LogP contribution in [0.3, 0.4) is 0 Å². The first-order chi connectivity index (χ1) is 17.3. The number of hydrogen-bond acceptors (Lipinski definition) is 2. The fourth-order valence-electron chi connectivity index (χ4n) is 4.06. The van der Waals surface area contributed by atoms with E-state index in [1.54, 1.807) is 12.5 Å². The van der Waals surface area contributed by atoms with Gasteiger partial charge in [0.05, 0.1) is 12.5 Å². The minimum atomic E-state index is -1.84. The molecular weight excluding hydrogens is 566 g/mol. The molecule has 2 aromatic heterocycles. The molecule has 0 unspecified atom stereocenters. The molecule has 0 fully saturated rings. The number of fused-ring (bicyclic) bond motifs is 2. The number of furan rings is 2. The van der Waals surface area contributed by atoms with Gasteiger partial charge in [0, 0.05) is 0 Å². The van der Waals surface area contributed by atoms with Crippen LogP contribution in [0.1, 0.15) is 25.0 Å². The summed E-state index contributed by atoms with van der Waals surface area (Å²) in [5, 5.41) is 5.10. The Balaban J connectivity index is 0.000000139. The van der Waals surface area contributed by atoms with Crippen molar-refractivity contribution in [3.63, 3.8) is 0 Å². The van der Waals surface area contributed by atoms with E-state index >= 15 is 0 Å². The van der Waals surface area contributed by atoms with Crippen LogP contribution in [-0.2, 0) is 18.9 Å². The number of rotatable bonds is 2. The molecule has 0 aliphatic carbocycles. The van der Waals surface area contributed by atoms with Crippen molar-refractivity contribution in [3.8, 4) is 22.6 Å². The van der Waals surface area contributed by atoms with Gasteiger partial charge in [0.25, 0.3) is 0 Å². The molecule has 0 aliphatic heterocycles. The van der Waals surface area contributed by atoms with E-state index in [1.807, 2.05) is 38.1 Å². The molecule has 0 N–H and O–H groups in total. The van der Waals surface area contributed by atoms with Gasteiger partial charge in [0.2, 0.25) is 0 Å². The second-order valence-electron chi connectivity index (χ2n) is 8.90. The summed E-state index contributed by atoms with van der Waals surface area (Å²) in [5.74, 6) is 1.87. The van der Waals surface area contributed by atoms with Crippen molar-refractivity contribution in [1.29, 1.82) is 0 Å². The van der Waals surface area contributed by atoms with E-state index in [4.69, 9.17) is 25.9 Å². The van der Waals surface area contributed by atoms with Crippen molar-refractivity contribution >= 4 is 41.8 Å². The molecule has 0 radical (unpaired) electrons. The van der Waals surface area contributed by atoms with Crippen LogP contribution < -0.4 is 0 Å². The summed E-state index contributed by atoms with van der Waals surface area (Å²) in [4.78, 5) is 0. The Morgan fingerprint density at radius 1 is 0.667 bits per heavy atom. The number of aryl methyl sites for hydroxylation is 2. The van der Waals surface area contributed by atoms with Crippen LogP contribution in [0.4, 0.5) is 0 Å². The monoisotopic (exact) mass is 592 g/mol. The molecule has 0 spiro atoms. The number of benzene rings is 2. The van der Waals surface area contributed by atoms with Crippen LogP contribution in [0.25, 0.3) is 44.2 Å². The Morgan fingerprint density at radius 2 is 1.08 bits per heavy atom. The first kappa shape index (κ1) is 26.6. The fourth-order valence-corrected chi connectivity index (χ4v) is 4.06. The van der Waals surface area contributed by atoms with Gasteiger partial charge in [-0.05, 0) is 35.4 Å². The van der Waals surface area contributed by atoms with E-state index < -0.39 is 18.9 Å². The number of hydrogen-bond donors (Lipinski definition) is 0. The van der Waals surface area contributed by atoms with Crippen molar-refractivity contribution < 1.29 is 27.7 Å². The van der Waals surface area contributed by atoms with Gasteiger partial charge in [-0.3, -0.25) is 0 Å². The van der Waals surface area contributed by atoms with Gasteiger partial charge in [-0.2, -0.15) is 12.1 Å². The quantitative estimate of drug-likeness (QED) is 0.187. The fraction of sp³-hybridized carbons (Fsp3) is 0.129. The topological polar surface area (TPSA) is 26.3 Å². The van der Waals surface area contributed by atoms with Gasteiger partial charge in [0.1, 0.15) is 11.5 Å². The molecule has 184 valence electrons. The molecule has 0 saturated heterocycles. The zero-order chi connectivity index (χ0) is 25.7. The summed E-state index contributed by atoms with van der Waals surface area (Å²) in [6, 6.07) is 29.2. The van der Waals surface area contributed by atoms with E-state index in [0.29, 0.717) is 0 Å². The van der Waals surface area contributed by atoms with Gasteiger partial charge in [0.15, 0.2) is 0 Å². The van der Waals surface area contributed by atoms with E-state index in [1.165, 1.54) is 47.0 Å². The molecule has 6 aromatic rings. The maximum absolute atomic E-state index is 5.54. The molecule has 0 bridgehead atoms. The maximum Gasteiger partial charge on any atom is 0.124 e. The van der Waals surface area contributed by atoms with Gasteiger partial charge in [-0.15, -0.1) is 69.1 Å². The van der Waals surface area contributed by atoms with E-state index in [9.17, 15) is 0 Å². The van der Waals surface area contributed by atoms with Crippen molar-refractivity contribution in [3.05, 3.63) is 109 Å². The molecule has 0 atom stereocenters. The second kappa shape index (κ2) is 12.2. The first-order valence-corrected chi connectivity index (χ1v) is 19.3. The van der Waals surface area contributed by atoms with Gasteiger partial charge < -0.3 is 8.83 Å². The first-order valence-electron chi connectivity index (χ1n) is 11.7. The van der Waals surface area contributed by atoms with Crippen molar-refractivity contribution in [1.82, 2.24) is 0 Å². The standard InChI is InChI=1S/2C14H11O.C3H6.2ClH.Zr/c2*1-10-8-11-4-2-5-12(13(11)9-10)14-6-3-7-15-14;1-3-2;;;/h2*2-9H,1H3;1-2H3;2*1H;/q2*-1;;;;+2/p-2. The van der Waals surface area contributed by atoms with Crippen molar-refractivity contribution in [2.24, 2.45) is 0 Å². The summed E-state index contributed by atoms with van der Waals surface area (Å²) >= 11 is -1.84. The SMILES string of the molecule is C[C](C)=[Zr]([Cl])[Cl].Cc1cc2c(-c3ccco3)cccc2[cH-]1.Cc1cc2c(-c3ccco3)cccc2[cH-]1. The minimum absolute atomic E-state index is 0.936. The van der Waals surface area contributed by atoms with Crippen LogP contribution in [0.5, 0.6) is 0 Å². The molecular formula is C31H28Cl2O2Zr-2. The van der Waals surface area contributed by atoms with E-state index in [0.717, 1.165) is 11.5 Å². The molecule has 0 saturated carbocycles. The average Bonchev–Trinajstić information content (AvgIpc) is 3.65. The van der Waals surface area contributed by atoms with E-state index in [-0.39, 0.29) is 0 Å². The van der Waals surface area contributed by atoms with Crippen LogP contribution in [0.15, 0.2) is 106 Å². The summed E-state index contributed by atoms with van der Waals surface area (Å²) in [6.07, 6.45) is 3.42. The molecule has 36 heavy (non-hydrogen) atoms. The zero-order valence-electron chi connectivity index (χ0n) is 20.8. The van der Waals surface area contributed by atoms with Crippen molar-refractivity contribution in [2.45, 2.75) is 27.7 Å². The Morgan fingerprint density at radius 3 is 1.42 bits per heavy atom. The Kier molecular flexibility index (Phi) is 9.01. The molecule has 0 amide bonds. The van der Waals surface area contributed by atoms with Crippen LogP contribution >= 0.6 is 17.0 Å². The maximum atomic E-state index is 5.54. The molecule has 5 heteroatoms. The van der Waals surface area contributed by atoms with Gasteiger partial charge in [-0.1, -0.05) is 26.0 Å². The molecule has 6 rings (SSSR count). The summed E-state index contributed by atoms with van der Waals surface area (Å²) in [5.41, 5.74) is 4.93. The average molecular weight is 595 g/mol. The van der Waals surface area contributed by atoms with Crippen molar-refractivity contribution in [2.75, 3.05) is 0 Å². The third-order valence-electron chi connectivity index (χ3n) is 5.74. The number of halogens is 2. The third kappa shape index (κ3) is 6.45. The van der Waals surface area contributed by atoms with Crippen LogP contribution in [-0.4, -0.2) is 3.21 Å². The smallest absolute Gasteiger partial charge is 0.124 e. The predicted molar refractivity (Wildman–Crippen MR) is 152 cm³/mol. The van der Waals surface area contributed by atoms with Gasteiger partial charge >= 0.3 is 53.0 Å². The van der Waals surface area contributed by atoms with Crippen LogP contribution in [0.2, 0.25) is 0 Å². The zero-order valence-corrected chi connectivity index (χ0v) is 24.8. The second-order valence-corrected chi connectivity index (χ2v) is 18.3. The third-order valence-corrected chi connectivity index (χ3v) is 12.1. The molecule has 0 aliphatic rings. The predicted octanol–water partition coefficient (Wildman–Crippen LogP) is 10.4. The summed E-state index contributed by atoms with van der Waals surface area (Å²) in [6.45, 7) is 8.20. The normalized spacial score (nSPS) is 10.5. The summed E-state index contributed by atoms with van der Waals surface area (Å²) < 4.78 is 12.1.